The summed E-state index contributed by atoms with van der Waals surface area (Å²) in [5.74, 6) is -1.63. The van der Waals surface area contributed by atoms with Gasteiger partial charge in [-0.1, -0.05) is 24.3 Å². The number of rotatable bonds is 4. The number of nitrogens with zero attached hydrogens (tertiary/aromatic N) is 1. The van der Waals surface area contributed by atoms with Crippen molar-refractivity contribution in [1.29, 1.82) is 0 Å². The van der Waals surface area contributed by atoms with Crippen LogP contribution in [0.3, 0.4) is 0 Å². The van der Waals surface area contributed by atoms with Crippen LogP contribution in [0, 0.1) is 5.92 Å². The fourth-order valence-electron chi connectivity index (χ4n) is 3.11. The van der Waals surface area contributed by atoms with E-state index in [0.717, 1.165) is 6.42 Å². The molecule has 0 aromatic heterocycles. The van der Waals surface area contributed by atoms with Gasteiger partial charge in [0.1, 0.15) is 0 Å². The number of carboxylic acids is 1. The van der Waals surface area contributed by atoms with Crippen LogP contribution in [0.15, 0.2) is 54.6 Å². The van der Waals surface area contributed by atoms with Crippen molar-refractivity contribution in [3.05, 3.63) is 65.7 Å². The van der Waals surface area contributed by atoms with Gasteiger partial charge >= 0.3 is 5.97 Å². The van der Waals surface area contributed by atoms with Gasteiger partial charge in [-0.15, -0.1) is 0 Å². The summed E-state index contributed by atoms with van der Waals surface area (Å²) in [6.45, 7) is 0.990. The van der Waals surface area contributed by atoms with E-state index >= 15 is 0 Å². The zero-order valence-corrected chi connectivity index (χ0v) is 14.2. The van der Waals surface area contributed by atoms with Crippen LogP contribution in [0.25, 0.3) is 0 Å². The van der Waals surface area contributed by atoms with E-state index in [1.165, 1.54) is 12.1 Å². The lowest BCUT2D eigenvalue weighted by Crippen LogP contribution is -2.43. The molecule has 1 saturated heterocycles. The number of aromatic carboxylic acids is 1. The smallest absolute Gasteiger partial charge is 0.335 e. The second-order valence-electron chi connectivity index (χ2n) is 6.33. The van der Waals surface area contributed by atoms with Crippen molar-refractivity contribution in [2.24, 2.45) is 5.92 Å². The number of nitrogens with one attached hydrogen (secondary N) is 1. The fraction of sp³-hybridized carbons (Fsp3) is 0.250. The number of carboxylic acid groups (broad SMARTS) is 1. The molecule has 0 aliphatic carbocycles. The van der Waals surface area contributed by atoms with Gasteiger partial charge in [-0.3, -0.25) is 9.59 Å². The minimum Gasteiger partial charge on any atom is -0.478 e. The van der Waals surface area contributed by atoms with Gasteiger partial charge in [0.2, 0.25) is 5.91 Å². The Morgan fingerprint density at radius 2 is 1.73 bits per heavy atom. The van der Waals surface area contributed by atoms with Crippen molar-refractivity contribution >= 4 is 23.5 Å². The summed E-state index contributed by atoms with van der Waals surface area (Å²) in [6.07, 6.45) is 1.45. The van der Waals surface area contributed by atoms with Crippen LogP contribution in [-0.4, -0.2) is 40.9 Å². The maximum Gasteiger partial charge on any atom is 0.335 e. The van der Waals surface area contributed by atoms with Gasteiger partial charge in [0, 0.05) is 24.3 Å². The molecular weight excluding hydrogens is 332 g/mol. The van der Waals surface area contributed by atoms with Gasteiger partial charge in [-0.05, 0) is 43.2 Å². The second kappa shape index (κ2) is 7.82. The van der Waals surface area contributed by atoms with Gasteiger partial charge in [0.25, 0.3) is 5.91 Å². The number of hydrogen-bond acceptors (Lipinski definition) is 3. The van der Waals surface area contributed by atoms with Crippen LogP contribution in [-0.2, 0) is 4.79 Å². The van der Waals surface area contributed by atoms with E-state index in [2.05, 4.69) is 5.32 Å². The van der Waals surface area contributed by atoms with Crippen LogP contribution in [0.4, 0.5) is 5.69 Å². The Bertz CT molecular complexity index is 820. The first-order valence-corrected chi connectivity index (χ1v) is 8.53. The molecule has 134 valence electrons. The summed E-state index contributed by atoms with van der Waals surface area (Å²) in [5.41, 5.74) is 1.18. The van der Waals surface area contributed by atoms with Crippen LogP contribution in [0.5, 0.6) is 0 Å². The van der Waals surface area contributed by atoms with Gasteiger partial charge in [-0.25, -0.2) is 4.79 Å². The van der Waals surface area contributed by atoms with Crippen molar-refractivity contribution in [2.75, 3.05) is 18.4 Å². The van der Waals surface area contributed by atoms with E-state index in [-0.39, 0.29) is 23.3 Å². The van der Waals surface area contributed by atoms with Crippen molar-refractivity contribution in [3.63, 3.8) is 0 Å². The summed E-state index contributed by atoms with van der Waals surface area (Å²) in [5, 5.41) is 11.8. The SMILES string of the molecule is O=C(O)c1cccc(NC(=O)C2CCCN(C(=O)c3ccccc3)C2)c1. The van der Waals surface area contributed by atoms with Gasteiger partial charge in [0.05, 0.1) is 11.5 Å². The van der Waals surface area contributed by atoms with E-state index in [1.54, 1.807) is 29.2 Å². The number of hydrogen-bond donors (Lipinski definition) is 2. The lowest BCUT2D eigenvalue weighted by Gasteiger charge is -2.32. The van der Waals surface area contributed by atoms with E-state index in [9.17, 15) is 14.4 Å². The predicted octanol–water partition coefficient (Wildman–Crippen LogP) is 2.88. The number of piperidine rings is 1. The largest absolute Gasteiger partial charge is 0.478 e. The maximum atomic E-state index is 12.6. The third-order valence-electron chi connectivity index (χ3n) is 4.48. The van der Waals surface area contributed by atoms with Crippen LogP contribution >= 0.6 is 0 Å². The summed E-state index contributed by atoms with van der Waals surface area (Å²) in [4.78, 5) is 37.9. The summed E-state index contributed by atoms with van der Waals surface area (Å²) < 4.78 is 0. The Kier molecular flexibility index (Phi) is 5.31. The summed E-state index contributed by atoms with van der Waals surface area (Å²) in [7, 11) is 0. The molecule has 0 saturated carbocycles. The Morgan fingerprint density at radius 3 is 2.46 bits per heavy atom. The highest BCUT2D eigenvalue weighted by Crippen LogP contribution is 2.21. The summed E-state index contributed by atoms with van der Waals surface area (Å²) in [6, 6.07) is 15.2. The molecule has 3 rings (SSSR count). The minimum atomic E-state index is -1.04. The van der Waals surface area contributed by atoms with E-state index < -0.39 is 5.97 Å². The zero-order chi connectivity index (χ0) is 18.5. The van der Waals surface area contributed by atoms with Crippen LogP contribution in [0.1, 0.15) is 33.6 Å². The molecule has 0 bridgehead atoms. The minimum absolute atomic E-state index is 0.0732. The molecule has 1 unspecified atom stereocenters. The van der Waals surface area contributed by atoms with Crippen LogP contribution < -0.4 is 5.32 Å². The molecule has 1 aliphatic rings. The Morgan fingerprint density at radius 1 is 1.00 bits per heavy atom. The normalized spacial score (nSPS) is 16.8. The number of anilines is 1. The molecule has 1 atom stereocenters. The quantitative estimate of drug-likeness (QED) is 0.886. The first-order valence-electron chi connectivity index (χ1n) is 8.53. The molecular formula is C20H20N2O4. The standard InChI is InChI=1S/C20H20N2O4/c23-18(21-17-10-4-8-15(12-17)20(25)26)16-9-5-11-22(13-16)19(24)14-6-2-1-3-7-14/h1-4,6-8,10,12,16H,5,9,11,13H2,(H,21,23)(H,25,26). The van der Waals surface area contributed by atoms with Crippen molar-refractivity contribution in [3.8, 4) is 0 Å². The lowest BCUT2D eigenvalue weighted by molar-refractivity contribution is -0.121. The number of benzene rings is 2. The molecule has 2 N–H and O–H groups in total. The third-order valence-corrected chi connectivity index (χ3v) is 4.48. The third kappa shape index (κ3) is 4.08. The van der Waals surface area contributed by atoms with Crippen molar-refractivity contribution in [1.82, 2.24) is 4.90 Å². The van der Waals surface area contributed by atoms with E-state index in [4.69, 9.17) is 5.11 Å². The molecule has 2 aromatic rings. The lowest BCUT2D eigenvalue weighted by atomic mass is 9.96. The average Bonchev–Trinajstić information content (AvgIpc) is 2.68. The van der Waals surface area contributed by atoms with Gasteiger partial charge < -0.3 is 15.3 Å². The molecule has 26 heavy (non-hydrogen) atoms. The van der Waals surface area contributed by atoms with E-state index in [1.807, 2.05) is 18.2 Å². The molecule has 1 heterocycles. The number of carbonyl (C=O) groups excluding carboxylic acids is 2. The molecule has 2 amide bonds. The first kappa shape index (κ1) is 17.7. The average molecular weight is 352 g/mol. The number of amides is 2. The Labute approximate surface area is 151 Å². The molecule has 2 aromatic carbocycles. The highest BCUT2D eigenvalue weighted by molar-refractivity contribution is 5.97. The van der Waals surface area contributed by atoms with Crippen LogP contribution in [0.2, 0.25) is 0 Å². The molecule has 1 aliphatic heterocycles. The molecule has 0 radical (unpaired) electrons. The van der Waals surface area contributed by atoms with Gasteiger partial charge in [-0.2, -0.15) is 0 Å². The van der Waals surface area contributed by atoms with Crippen molar-refractivity contribution in [2.45, 2.75) is 12.8 Å². The highest BCUT2D eigenvalue weighted by atomic mass is 16.4. The topological polar surface area (TPSA) is 86.7 Å². The predicted molar refractivity (Wildman–Crippen MR) is 97.1 cm³/mol. The summed E-state index contributed by atoms with van der Waals surface area (Å²) >= 11 is 0. The zero-order valence-electron chi connectivity index (χ0n) is 14.2. The number of likely N-dealkylation sites (tertiary alicyclic amines) is 1. The molecule has 6 heteroatoms. The first-order chi connectivity index (χ1) is 12.5. The molecule has 6 nitrogen and oxygen atoms in total. The Balaban J connectivity index is 1.65. The fourth-order valence-corrected chi connectivity index (χ4v) is 3.11. The maximum absolute atomic E-state index is 12.6. The Hall–Kier alpha value is -3.15. The van der Waals surface area contributed by atoms with Gasteiger partial charge in [0.15, 0.2) is 0 Å². The highest BCUT2D eigenvalue weighted by Gasteiger charge is 2.29. The molecule has 1 fully saturated rings. The van der Waals surface area contributed by atoms with E-state index in [0.29, 0.717) is 30.8 Å². The number of carbonyl (C=O) groups is 3. The molecule has 0 spiro atoms. The monoisotopic (exact) mass is 352 g/mol. The van der Waals surface area contributed by atoms with Crippen molar-refractivity contribution < 1.29 is 19.5 Å². The second-order valence-corrected chi connectivity index (χ2v) is 6.33.